The highest BCUT2D eigenvalue weighted by Crippen LogP contribution is 2.23. The van der Waals surface area contributed by atoms with E-state index in [2.05, 4.69) is 11.8 Å². The van der Waals surface area contributed by atoms with Crippen LogP contribution in [-0.2, 0) is 9.53 Å². The fraction of sp³-hybridized carbons (Fsp3) is 0.917. The lowest BCUT2D eigenvalue weighted by molar-refractivity contribution is -0.148. The maximum Gasteiger partial charge on any atom is 0.324 e. The molecular weight excluding hydrogens is 204 g/mol. The van der Waals surface area contributed by atoms with Crippen molar-refractivity contribution in [3.8, 4) is 0 Å². The van der Waals surface area contributed by atoms with Crippen molar-refractivity contribution in [2.75, 3.05) is 20.2 Å². The second-order valence-corrected chi connectivity index (χ2v) is 4.45. The monoisotopic (exact) mass is 228 g/mol. The van der Waals surface area contributed by atoms with Gasteiger partial charge in [0.25, 0.3) is 0 Å². The average molecular weight is 228 g/mol. The molecule has 1 aliphatic rings. The smallest absolute Gasteiger partial charge is 0.324 e. The molecule has 0 bridgehead atoms. The predicted octanol–water partition coefficient (Wildman–Crippen LogP) is 1.14. The molecule has 4 nitrogen and oxygen atoms in total. The summed E-state index contributed by atoms with van der Waals surface area (Å²) in [5, 5.41) is 0. The standard InChI is InChI=1S/C12H24N2O2/c1-3-6-10-7-4-5-8-14(10)11(9-13)12(15)16-2/h10-11H,3-9,13H2,1-2H3. The highest BCUT2D eigenvalue weighted by molar-refractivity contribution is 5.76. The molecule has 2 atom stereocenters. The summed E-state index contributed by atoms with van der Waals surface area (Å²) in [4.78, 5) is 13.9. The van der Waals surface area contributed by atoms with E-state index in [1.54, 1.807) is 0 Å². The molecule has 0 aromatic heterocycles. The zero-order valence-corrected chi connectivity index (χ0v) is 10.4. The molecule has 1 fully saturated rings. The zero-order chi connectivity index (χ0) is 12.0. The zero-order valence-electron chi connectivity index (χ0n) is 10.4. The Labute approximate surface area is 98.1 Å². The summed E-state index contributed by atoms with van der Waals surface area (Å²) in [7, 11) is 1.43. The van der Waals surface area contributed by atoms with Crippen LogP contribution in [0.5, 0.6) is 0 Å². The van der Waals surface area contributed by atoms with Crippen molar-refractivity contribution in [2.24, 2.45) is 5.73 Å². The topological polar surface area (TPSA) is 55.6 Å². The van der Waals surface area contributed by atoms with Gasteiger partial charge in [-0.2, -0.15) is 0 Å². The number of rotatable bonds is 5. The number of hydrogen-bond acceptors (Lipinski definition) is 4. The molecule has 1 heterocycles. The van der Waals surface area contributed by atoms with Gasteiger partial charge in [0.15, 0.2) is 0 Å². The first-order valence-corrected chi connectivity index (χ1v) is 6.28. The van der Waals surface area contributed by atoms with Crippen molar-refractivity contribution in [3.05, 3.63) is 0 Å². The first kappa shape index (κ1) is 13.5. The van der Waals surface area contributed by atoms with Crippen LogP contribution in [0.25, 0.3) is 0 Å². The van der Waals surface area contributed by atoms with E-state index >= 15 is 0 Å². The van der Waals surface area contributed by atoms with Gasteiger partial charge < -0.3 is 10.5 Å². The fourth-order valence-electron chi connectivity index (χ4n) is 2.58. The van der Waals surface area contributed by atoms with Gasteiger partial charge in [-0.15, -0.1) is 0 Å². The molecule has 1 saturated heterocycles. The number of piperidine rings is 1. The third kappa shape index (κ3) is 3.19. The number of carbonyl (C=O) groups excluding carboxylic acids is 1. The van der Waals surface area contributed by atoms with E-state index in [1.165, 1.54) is 20.0 Å². The third-order valence-corrected chi connectivity index (χ3v) is 3.39. The first-order chi connectivity index (χ1) is 7.74. The lowest BCUT2D eigenvalue weighted by Crippen LogP contribution is -2.53. The number of nitrogens with two attached hydrogens (primary N) is 1. The van der Waals surface area contributed by atoms with Crippen molar-refractivity contribution in [3.63, 3.8) is 0 Å². The predicted molar refractivity (Wildman–Crippen MR) is 64.1 cm³/mol. The van der Waals surface area contributed by atoms with E-state index in [-0.39, 0.29) is 12.0 Å². The normalized spacial score (nSPS) is 24.1. The Bertz CT molecular complexity index is 219. The van der Waals surface area contributed by atoms with Crippen molar-refractivity contribution in [2.45, 2.75) is 51.1 Å². The molecule has 0 amide bonds. The Morgan fingerprint density at radius 1 is 1.56 bits per heavy atom. The van der Waals surface area contributed by atoms with Crippen LogP contribution in [0.15, 0.2) is 0 Å². The second-order valence-electron chi connectivity index (χ2n) is 4.45. The van der Waals surface area contributed by atoms with E-state index in [4.69, 9.17) is 10.5 Å². The molecule has 0 spiro atoms. The Balaban J connectivity index is 2.67. The molecule has 0 radical (unpaired) electrons. The highest BCUT2D eigenvalue weighted by atomic mass is 16.5. The van der Waals surface area contributed by atoms with Crippen LogP contribution in [0.2, 0.25) is 0 Å². The summed E-state index contributed by atoms with van der Waals surface area (Å²) in [6, 6.07) is 0.258. The van der Waals surface area contributed by atoms with E-state index < -0.39 is 0 Å². The average Bonchev–Trinajstić information content (AvgIpc) is 2.32. The summed E-state index contributed by atoms with van der Waals surface area (Å²) in [5.74, 6) is -0.189. The van der Waals surface area contributed by atoms with E-state index in [9.17, 15) is 4.79 Å². The third-order valence-electron chi connectivity index (χ3n) is 3.39. The number of nitrogens with zero attached hydrogens (tertiary/aromatic N) is 1. The van der Waals surface area contributed by atoms with Crippen LogP contribution in [0.4, 0.5) is 0 Å². The highest BCUT2D eigenvalue weighted by Gasteiger charge is 2.32. The Kier molecular flexibility index (Phi) is 5.77. The number of likely N-dealkylation sites (tertiary alicyclic amines) is 1. The minimum Gasteiger partial charge on any atom is -0.468 e. The molecule has 1 rings (SSSR count). The van der Waals surface area contributed by atoms with Crippen molar-refractivity contribution in [1.82, 2.24) is 4.90 Å². The maximum absolute atomic E-state index is 11.6. The van der Waals surface area contributed by atoms with Crippen LogP contribution < -0.4 is 5.73 Å². The van der Waals surface area contributed by atoms with Crippen LogP contribution in [-0.4, -0.2) is 43.2 Å². The molecule has 4 heteroatoms. The Hall–Kier alpha value is -0.610. The Morgan fingerprint density at radius 2 is 2.31 bits per heavy atom. The van der Waals surface area contributed by atoms with Gasteiger partial charge in [0.1, 0.15) is 6.04 Å². The minimum atomic E-state index is -0.248. The number of esters is 1. The van der Waals surface area contributed by atoms with Crippen LogP contribution in [0, 0.1) is 0 Å². The van der Waals surface area contributed by atoms with Gasteiger partial charge in [-0.1, -0.05) is 19.8 Å². The van der Waals surface area contributed by atoms with Gasteiger partial charge in [0.2, 0.25) is 0 Å². The largest absolute Gasteiger partial charge is 0.468 e. The second kappa shape index (κ2) is 6.86. The quantitative estimate of drug-likeness (QED) is 0.717. The van der Waals surface area contributed by atoms with Crippen molar-refractivity contribution < 1.29 is 9.53 Å². The number of carbonyl (C=O) groups is 1. The molecule has 0 aromatic rings. The van der Waals surface area contributed by atoms with Gasteiger partial charge in [-0.3, -0.25) is 9.69 Å². The lowest BCUT2D eigenvalue weighted by Gasteiger charge is -2.39. The minimum absolute atomic E-state index is 0.189. The summed E-state index contributed by atoms with van der Waals surface area (Å²) in [5.41, 5.74) is 5.70. The van der Waals surface area contributed by atoms with Crippen molar-refractivity contribution >= 4 is 5.97 Å². The molecule has 2 unspecified atom stereocenters. The van der Waals surface area contributed by atoms with Gasteiger partial charge in [0, 0.05) is 12.6 Å². The molecule has 0 aromatic carbocycles. The molecule has 1 aliphatic heterocycles. The van der Waals surface area contributed by atoms with E-state index in [1.807, 2.05) is 0 Å². The van der Waals surface area contributed by atoms with Gasteiger partial charge >= 0.3 is 5.97 Å². The van der Waals surface area contributed by atoms with Crippen LogP contribution >= 0.6 is 0 Å². The molecule has 94 valence electrons. The SMILES string of the molecule is CCCC1CCCCN1C(CN)C(=O)OC. The lowest BCUT2D eigenvalue weighted by atomic mass is 9.96. The van der Waals surface area contributed by atoms with E-state index in [0.717, 1.165) is 25.8 Å². The summed E-state index contributed by atoms with van der Waals surface area (Å²) in [6.07, 6.45) is 5.90. The molecular formula is C12H24N2O2. The Morgan fingerprint density at radius 3 is 2.88 bits per heavy atom. The molecule has 0 aliphatic carbocycles. The summed E-state index contributed by atoms with van der Waals surface area (Å²) in [6.45, 7) is 3.51. The van der Waals surface area contributed by atoms with Gasteiger partial charge in [0.05, 0.1) is 7.11 Å². The maximum atomic E-state index is 11.6. The van der Waals surface area contributed by atoms with Gasteiger partial charge in [-0.25, -0.2) is 0 Å². The number of hydrogen-bond donors (Lipinski definition) is 1. The van der Waals surface area contributed by atoms with Crippen LogP contribution in [0.3, 0.4) is 0 Å². The first-order valence-electron chi connectivity index (χ1n) is 6.28. The summed E-state index contributed by atoms with van der Waals surface area (Å²) >= 11 is 0. The van der Waals surface area contributed by atoms with E-state index in [0.29, 0.717) is 12.6 Å². The molecule has 0 saturated carbocycles. The summed E-state index contributed by atoms with van der Waals surface area (Å²) < 4.78 is 4.82. The fourth-order valence-corrected chi connectivity index (χ4v) is 2.58. The molecule has 2 N–H and O–H groups in total. The number of ether oxygens (including phenoxy) is 1. The number of methoxy groups -OCH3 is 1. The van der Waals surface area contributed by atoms with Crippen molar-refractivity contribution in [1.29, 1.82) is 0 Å². The van der Waals surface area contributed by atoms with Crippen LogP contribution in [0.1, 0.15) is 39.0 Å². The molecule has 16 heavy (non-hydrogen) atoms. The van der Waals surface area contributed by atoms with Gasteiger partial charge in [-0.05, 0) is 25.8 Å².